The highest BCUT2D eigenvalue weighted by atomic mass is 15.1. The van der Waals surface area contributed by atoms with Crippen LogP contribution in [0.2, 0.25) is 0 Å². The molecule has 8 saturated carbocycles. The average Bonchev–Trinajstić information content (AvgIpc) is 3.97. The minimum absolute atomic E-state index is 0.0307. The summed E-state index contributed by atoms with van der Waals surface area (Å²) in [5.41, 5.74) is 23.7. The number of benzene rings is 7. The Balaban J connectivity index is 0.957. The third-order valence-corrected chi connectivity index (χ3v) is 21.8. The first-order valence-electron chi connectivity index (χ1n) is 26.4. The van der Waals surface area contributed by atoms with Gasteiger partial charge in [-0.3, -0.25) is 0 Å². The lowest BCUT2D eigenvalue weighted by Crippen LogP contribution is -2.62. The third kappa shape index (κ3) is 4.02. The Hall–Kier alpha value is -5.80. The second-order valence-electron chi connectivity index (χ2n) is 24.5. The molecule has 8 aromatic rings. The lowest BCUT2D eigenvalue weighted by atomic mass is 9.38. The topological polar surface area (TPSA) is 8.17 Å². The zero-order valence-corrected chi connectivity index (χ0v) is 38.6. The van der Waals surface area contributed by atoms with Crippen LogP contribution in [0.15, 0.2) is 146 Å². The van der Waals surface area contributed by atoms with Crippen molar-refractivity contribution in [1.29, 1.82) is 0 Å². The van der Waals surface area contributed by atoms with Gasteiger partial charge in [0.15, 0.2) is 0 Å². The van der Waals surface area contributed by atoms with Crippen molar-refractivity contribution in [3.8, 4) is 16.8 Å². The number of rotatable bonds is 4. The van der Waals surface area contributed by atoms with Crippen molar-refractivity contribution >= 4 is 51.0 Å². The van der Waals surface area contributed by atoms with E-state index in [0.29, 0.717) is 10.8 Å². The molecule has 7 aromatic carbocycles. The quantitative estimate of drug-likeness (QED) is 0.160. The van der Waals surface area contributed by atoms with Crippen LogP contribution in [0.1, 0.15) is 110 Å². The molecule has 2 atom stereocenters. The van der Waals surface area contributed by atoms with Crippen molar-refractivity contribution in [2.75, 3.05) is 4.81 Å². The zero-order valence-electron chi connectivity index (χ0n) is 38.6. The van der Waals surface area contributed by atoms with Crippen molar-refractivity contribution in [1.82, 2.24) is 4.57 Å². The third-order valence-electron chi connectivity index (χ3n) is 21.8. The van der Waals surface area contributed by atoms with Gasteiger partial charge in [0.05, 0.1) is 16.4 Å². The molecule has 1 spiro atoms. The van der Waals surface area contributed by atoms with Gasteiger partial charge in [0.25, 0.3) is 0 Å². The molecule has 2 unspecified atom stereocenters. The molecule has 1 aromatic heterocycles. The second kappa shape index (κ2) is 11.7. The molecule has 67 heavy (non-hydrogen) atoms. The van der Waals surface area contributed by atoms with Gasteiger partial charge < -0.3 is 9.38 Å². The molecule has 0 radical (unpaired) electrons. The van der Waals surface area contributed by atoms with Gasteiger partial charge in [0.1, 0.15) is 0 Å². The molecule has 4 heterocycles. The molecule has 3 heteroatoms. The highest BCUT2D eigenvalue weighted by molar-refractivity contribution is 6.93. The fraction of sp³-hybridized carbons (Fsp3) is 0.344. The summed E-state index contributed by atoms with van der Waals surface area (Å²) < 4.78 is 2.78. The summed E-state index contributed by atoms with van der Waals surface area (Å²) in [5.74, 6) is 5.67. The number of hydrogen-bond acceptors (Lipinski definition) is 1. The predicted octanol–water partition coefficient (Wildman–Crippen LogP) is 13.6. The maximum Gasteiger partial charge on any atom is 0.333 e. The summed E-state index contributed by atoms with van der Waals surface area (Å²) in [5, 5.41) is 3.04. The number of hydrogen-bond donors (Lipinski definition) is 0. The van der Waals surface area contributed by atoms with E-state index >= 15 is 0 Å². The Kier molecular flexibility index (Phi) is 6.34. The van der Waals surface area contributed by atoms with Crippen LogP contribution >= 0.6 is 0 Å². The number of para-hydroxylation sites is 2. The van der Waals surface area contributed by atoms with Gasteiger partial charge in [-0.15, -0.1) is 0 Å². The van der Waals surface area contributed by atoms with E-state index in [1.54, 1.807) is 11.1 Å². The van der Waals surface area contributed by atoms with Gasteiger partial charge in [-0.25, -0.2) is 0 Å². The molecule has 3 aliphatic heterocycles. The summed E-state index contributed by atoms with van der Waals surface area (Å²) in [6.07, 6.45) is 15.9. The van der Waals surface area contributed by atoms with E-state index in [2.05, 4.69) is 162 Å². The summed E-state index contributed by atoms with van der Waals surface area (Å²) in [6.45, 7) is 2.38. The van der Waals surface area contributed by atoms with E-state index in [0.717, 1.165) is 35.5 Å². The van der Waals surface area contributed by atoms with Gasteiger partial charge in [-0.05, 0) is 215 Å². The number of aryl methyl sites for hydroxylation is 1. The predicted molar refractivity (Wildman–Crippen MR) is 274 cm³/mol. The van der Waals surface area contributed by atoms with Crippen molar-refractivity contribution in [2.45, 2.75) is 93.8 Å². The normalized spacial score (nSPS) is 32.7. The molecule has 8 fully saturated rings. The first kappa shape index (κ1) is 36.3. The molecule has 8 aliphatic carbocycles. The van der Waals surface area contributed by atoms with Crippen LogP contribution in [-0.2, 0) is 16.2 Å². The minimum atomic E-state index is -0.500. The molecular weight excluding hydrogens is 808 g/mol. The summed E-state index contributed by atoms with van der Waals surface area (Å²) >= 11 is 0. The van der Waals surface area contributed by atoms with Crippen LogP contribution in [0, 0.1) is 47.8 Å². The summed E-state index contributed by atoms with van der Waals surface area (Å²) in [7, 11) is 0. The maximum absolute atomic E-state index is 2.87. The van der Waals surface area contributed by atoms with E-state index in [9.17, 15) is 0 Å². The van der Waals surface area contributed by atoms with Crippen LogP contribution in [0.4, 0.5) is 11.4 Å². The molecule has 324 valence electrons. The molecule has 11 aliphatic rings. The zero-order chi connectivity index (χ0) is 43.3. The van der Waals surface area contributed by atoms with Gasteiger partial charge in [0.2, 0.25) is 0 Å². The van der Waals surface area contributed by atoms with Gasteiger partial charge in [0, 0.05) is 33.4 Å². The molecule has 6 bridgehead atoms. The number of anilines is 2. The van der Waals surface area contributed by atoms with Crippen LogP contribution in [0.3, 0.4) is 0 Å². The Labute approximate surface area is 394 Å². The van der Waals surface area contributed by atoms with Crippen molar-refractivity contribution < 1.29 is 0 Å². The number of fused-ring (bicyclic) bond motifs is 10. The highest BCUT2D eigenvalue weighted by Gasteiger charge is 2.77. The Morgan fingerprint density at radius 1 is 0.507 bits per heavy atom. The largest absolute Gasteiger partial charge is 0.376 e. The number of aromatic nitrogens is 1. The van der Waals surface area contributed by atoms with Crippen molar-refractivity contribution in [3.63, 3.8) is 0 Å². The first-order valence-corrected chi connectivity index (χ1v) is 26.4. The van der Waals surface area contributed by atoms with Crippen LogP contribution in [0.25, 0.3) is 38.6 Å². The molecule has 0 saturated heterocycles. The van der Waals surface area contributed by atoms with E-state index in [1.807, 2.05) is 0 Å². The standard InChI is InChI=1S/C64H55BN2/c1-37-21-50-48-15-10-17-53-59(48)67(56-18-9-8-16-52(56)64(53,41-11-4-2-5-12-41)42-13-6-3-7-14-42)65-54-30-44(61-31-38-23-39(32-61)25-40(24-38)33-61)29-51-49-28-43(19-20-55(49)66(60(51)54)57(22-37)58(50)65)62-34-46-26-45-27-47(35-62)63(45,46)36-62/h2-22,28-30,38-40,45-47H,23-27,31-36H2,1H3. The van der Waals surface area contributed by atoms with Gasteiger partial charge in [-0.1, -0.05) is 115 Å². The van der Waals surface area contributed by atoms with Crippen molar-refractivity contribution in [3.05, 3.63) is 185 Å². The lowest BCUT2D eigenvalue weighted by Gasteiger charge is -2.66. The molecule has 19 rings (SSSR count). The lowest BCUT2D eigenvalue weighted by molar-refractivity contribution is -0.175. The van der Waals surface area contributed by atoms with E-state index in [4.69, 9.17) is 0 Å². The SMILES string of the molecule is Cc1cc2c3c(c1)-n1c4ccc(C56CC7CC8CC(C5)C87C6)cc4c4cc(C56CC7CC(CC(C7)C5)C6)cc(c41)B3N1c3ccccc3C(c3ccccc3)(c3ccccc3)c3cccc-2c31. The summed E-state index contributed by atoms with van der Waals surface area (Å²) in [6, 6.07) is 58.5. The van der Waals surface area contributed by atoms with Crippen LogP contribution < -0.4 is 15.7 Å². The highest BCUT2D eigenvalue weighted by Crippen LogP contribution is 2.84. The smallest absolute Gasteiger partial charge is 0.333 e. The van der Waals surface area contributed by atoms with E-state index in [-0.39, 0.29) is 12.3 Å². The molecule has 2 nitrogen and oxygen atoms in total. The number of nitrogens with zero attached hydrogens (tertiary/aromatic N) is 2. The molecule has 0 N–H and O–H groups in total. The Morgan fingerprint density at radius 2 is 1.18 bits per heavy atom. The monoisotopic (exact) mass is 862 g/mol. The Bertz CT molecular complexity index is 3470. The fourth-order valence-electron chi connectivity index (χ4n) is 20.1. The maximum atomic E-state index is 2.87. The second-order valence-corrected chi connectivity index (χ2v) is 24.5. The molecular formula is C64H55BN2. The van der Waals surface area contributed by atoms with Crippen molar-refractivity contribution in [2.24, 2.45) is 40.9 Å². The van der Waals surface area contributed by atoms with Crippen LogP contribution in [-0.4, -0.2) is 11.4 Å². The molecule has 0 amide bonds. The van der Waals surface area contributed by atoms with Gasteiger partial charge in [-0.2, -0.15) is 0 Å². The van der Waals surface area contributed by atoms with Crippen LogP contribution in [0.5, 0.6) is 0 Å². The minimum Gasteiger partial charge on any atom is -0.376 e. The van der Waals surface area contributed by atoms with Gasteiger partial charge >= 0.3 is 6.85 Å². The Morgan fingerprint density at radius 3 is 1.88 bits per heavy atom. The average molecular weight is 863 g/mol. The van der Waals surface area contributed by atoms with E-state index in [1.165, 1.54) is 159 Å². The van der Waals surface area contributed by atoms with E-state index < -0.39 is 5.41 Å². The first-order chi connectivity index (χ1) is 32.9. The summed E-state index contributed by atoms with van der Waals surface area (Å²) in [4.78, 5) is 2.87. The fourth-order valence-corrected chi connectivity index (χ4v) is 20.1.